The molecule has 5 heteroatoms. The quantitative estimate of drug-likeness (QED) is 0.329. The number of nitrogens with two attached hydrogens (primary N) is 2. The number of hydrogen-bond donors (Lipinski definition) is 3. The van der Waals surface area contributed by atoms with E-state index in [4.69, 9.17) is 11.7 Å². The van der Waals surface area contributed by atoms with E-state index in [-0.39, 0.29) is 0 Å². The molecule has 1 rings (SSSR count). The number of rotatable bonds is 1. The number of nitrogens with one attached hydrogen (secondary N) is 1. The fourth-order valence-electron chi connectivity index (χ4n) is 0.965. The van der Waals surface area contributed by atoms with Crippen molar-refractivity contribution in [3.63, 3.8) is 0 Å². The van der Waals surface area contributed by atoms with E-state index in [1.807, 2.05) is 24.5 Å². The number of carbonyl (C=O) groups is 1. The van der Waals surface area contributed by atoms with Gasteiger partial charge in [-0.05, 0) is 24.6 Å². The van der Waals surface area contributed by atoms with Gasteiger partial charge < -0.3 is 0 Å². The molecule has 0 spiro atoms. The predicted octanol–water partition coefficient (Wildman–Crippen LogP) is 0.258. The molecule has 1 aromatic carbocycles. The maximum atomic E-state index is 11.0. The Morgan fingerprint density at radius 3 is 2.77 bits per heavy atom. The molecule has 1 aromatic rings. The summed E-state index contributed by atoms with van der Waals surface area (Å²) in [5, 5.41) is 0.951. The first-order valence-corrected chi connectivity index (χ1v) is 3.77. The second-order valence-electron chi connectivity index (χ2n) is 2.66. The van der Waals surface area contributed by atoms with Gasteiger partial charge in [0.2, 0.25) is 0 Å². The van der Waals surface area contributed by atoms with Crippen LogP contribution >= 0.6 is 0 Å². The summed E-state index contributed by atoms with van der Waals surface area (Å²) in [4.78, 5) is 11.0. The van der Waals surface area contributed by atoms with Crippen LogP contribution in [0.1, 0.15) is 5.56 Å². The third kappa shape index (κ3) is 2.17. The van der Waals surface area contributed by atoms with Crippen molar-refractivity contribution in [3.05, 3.63) is 29.8 Å². The molecule has 70 valence electrons. The highest BCUT2D eigenvalue weighted by atomic mass is 16.2. The first-order valence-electron chi connectivity index (χ1n) is 3.77. The molecule has 0 unspecified atom stereocenters. The predicted molar refractivity (Wildman–Crippen MR) is 50.6 cm³/mol. The van der Waals surface area contributed by atoms with Crippen molar-refractivity contribution in [2.45, 2.75) is 6.92 Å². The third-order valence-corrected chi connectivity index (χ3v) is 1.62. The molecular formula is C8H12N4O. The van der Waals surface area contributed by atoms with E-state index in [0.717, 1.165) is 10.6 Å². The Morgan fingerprint density at radius 2 is 2.23 bits per heavy atom. The highest BCUT2D eigenvalue weighted by molar-refractivity contribution is 5.90. The molecule has 0 aliphatic rings. The normalized spacial score (nSPS) is 9.46. The summed E-state index contributed by atoms with van der Waals surface area (Å²) in [6.07, 6.45) is 0. The van der Waals surface area contributed by atoms with E-state index in [2.05, 4.69) is 0 Å². The van der Waals surface area contributed by atoms with Crippen LogP contribution in [0, 0.1) is 6.92 Å². The second kappa shape index (κ2) is 3.88. The monoisotopic (exact) mass is 180 g/mol. The number of urea groups is 1. The minimum atomic E-state index is -0.550. The van der Waals surface area contributed by atoms with Crippen molar-refractivity contribution >= 4 is 11.7 Å². The highest BCUT2D eigenvalue weighted by Crippen LogP contribution is 2.12. The fraction of sp³-hybridized carbons (Fsp3) is 0.125. The molecule has 0 fully saturated rings. The van der Waals surface area contributed by atoms with Crippen LogP contribution in [0.4, 0.5) is 10.5 Å². The van der Waals surface area contributed by atoms with E-state index in [1.54, 1.807) is 12.1 Å². The zero-order chi connectivity index (χ0) is 9.84. The van der Waals surface area contributed by atoms with Crippen molar-refractivity contribution in [1.82, 2.24) is 5.43 Å². The van der Waals surface area contributed by atoms with Crippen molar-refractivity contribution < 1.29 is 4.79 Å². The molecule has 13 heavy (non-hydrogen) atoms. The summed E-state index contributed by atoms with van der Waals surface area (Å²) in [5.74, 6) is 10.4. The van der Waals surface area contributed by atoms with E-state index in [1.165, 1.54) is 0 Å². The molecule has 0 aromatic heterocycles. The number of hydrogen-bond acceptors (Lipinski definition) is 3. The van der Waals surface area contributed by atoms with Crippen molar-refractivity contribution in [2.24, 2.45) is 11.7 Å². The third-order valence-electron chi connectivity index (χ3n) is 1.62. The zero-order valence-corrected chi connectivity index (χ0v) is 7.32. The lowest BCUT2D eigenvalue weighted by atomic mass is 10.2. The van der Waals surface area contributed by atoms with Crippen molar-refractivity contribution in [1.29, 1.82) is 0 Å². The Labute approximate surface area is 76.3 Å². The number of hydrazine groups is 2. The van der Waals surface area contributed by atoms with Gasteiger partial charge in [-0.3, -0.25) is 5.43 Å². The maximum absolute atomic E-state index is 11.0. The van der Waals surface area contributed by atoms with Crippen LogP contribution in [-0.4, -0.2) is 6.03 Å². The molecule has 0 saturated heterocycles. The summed E-state index contributed by atoms with van der Waals surface area (Å²) in [7, 11) is 0. The SMILES string of the molecule is Cc1cccc(N(N)C(=O)NN)c1. The Balaban J connectivity index is 2.88. The topological polar surface area (TPSA) is 84.4 Å². The molecule has 5 nitrogen and oxygen atoms in total. The van der Waals surface area contributed by atoms with E-state index >= 15 is 0 Å². The number of amides is 2. The van der Waals surface area contributed by atoms with Gasteiger partial charge in [-0.2, -0.15) is 0 Å². The first kappa shape index (κ1) is 9.50. The average Bonchev–Trinajstić information content (AvgIpc) is 2.15. The molecule has 0 heterocycles. The Morgan fingerprint density at radius 1 is 1.54 bits per heavy atom. The summed E-state index contributed by atoms with van der Waals surface area (Å²) in [6.45, 7) is 1.91. The summed E-state index contributed by atoms with van der Waals surface area (Å²) in [6, 6.07) is 6.69. The number of anilines is 1. The Bertz CT molecular complexity index is 313. The molecular weight excluding hydrogens is 168 g/mol. The number of benzene rings is 1. The summed E-state index contributed by atoms with van der Waals surface area (Å²) in [5.41, 5.74) is 3.57. The smallest absolute Gasteiger partial charge is 0.274 e. The van der Waals surface area contributed by atoms with Gasteiger partial charge in [0, 0.05) is 0 Å². The van der Waals surface area contributed by atoms with Crippen LogP contribution in [0.2, 0.25) is 0 Å². The summed E-state index contributed by atoms with van der Waals surface area (Å²) >= 11 is 0. The van der Waals surface area contributed by atoms with Crippen LogP contribution in [-0.2, 0) is 0 Å². The van der Waals surface area contributed by atoms with Gasteiger partial charge in [-0.15, -0.1) is 0 Å². The lowest BCUT2D eigenvalue weighted by molar-refractivity contribution is 0.246. The Hall–Kier alpha value is -1.59. The van der Waals surface area contributed by atoms with Gasteiger partial charge in [-0.25, -0.2) is 21.5 Å². The highest BCUT2D eigenvalue weighted by Gasteiger charge is 2.08. The minimum absolute atomic E-state index is 0.550. The standard InChI is InChI=1S/C8H12N4O/c1-6-3-2-4-7(5-6)12(10)8(13)11-9/h2-5H,9-10H2,1H3,(H,11,13). The molecule has 5 N–H and O–H groups in total. The maximum Gasteiger partial charge on any atom is 0.350 e. The van der Waals surface area contributed by atoms with Crippen LogP contribution in [0.5, 0.6) is 0 Å². The van der Waals surface area contributed by atoms with Gasteiger partial charge in [-0.1, -0.05) is 12.1 Å². The number of carbonyl (C=O) groups excluding carboxylic acids is 1. The van der Waals surface area contributed by atoms with Gasteiger partial charge in [0.15, 0.2) is 0 Å². The lowest BCUT2D eigenvalue weighted by Crippen LogP contribution is -2.47. The second-order valence-corrected chi connectivity index (χ2v) is 2.66. The minimum Gasteiger partial charge on any atom is -0.274 e. The summed E-state index contributed by atoms with van der Waals surface area (Å²) < 4.78 is 0. The number of aryl methyl sites for hydroxylation is 1. The van der Waals surface area contributed by atoms with Gasteiger partial charge in [0.25, 0.3) is 0 Å². The van der Waals surface area contributed by atoms with Crippen LogP contribution < -0.4 is 22.1 Å². The molecule has 0 saturated carbocycles. The van der Waals surface area contributed by atoms with E-state index in [9.17, 15) is 4.79 Å². The molecule has 0 aliphatic heterocycles. The van der Waals surface area contributed by atoms with Gasteiger partial charge in [0.05, 0.1) is 5.69 Å². The Kier molecular flexibility index (Phi) is 2.84. The molecule has 0 aliphatic carbocycles. The molecule has 0 bridgehead atoms. The average molecular weight is 180 g/mol. The molecule has 2 amide bonds. The molecule has 0 radical (unpaired) electrons. The van der Waals surface area contributed by atoms with Crippen LogP contribution in [0.25, 0.3) is 0 Å². The van der Waals surface area contributed by atoms with Gasteiger partial charge >= 0.3 is 6.03 Å². The first-order chi connectivity index (χ1) is 6.15. The van der Waals surface area contributed by atoms with E-state index in [0.29, 0.717) is 5.69 Å². The van der Waals surface area contributed by atoms with Crippen LogP contribution in [0.3, 0.4) is 0 Å². The van der Waals surface area contributed by atoms with Gasteiger partial charge in [0.1, 0.15) is 0 Å². The lowest BCUT2D eigenvalue weighted by Gasteiger charge is -2.15. The zero-order valence-electron chi connectivity index (χ0n) is 7.32. The largest absolute Gasteiger partial charge is 0.350 e. The van der Waals surface area contributed by atoms with Crippen LogP contribution in [0.15, 0.2) is 24.3 Å². The molecule has 0 atom stereocenters. The van der Waals surface area contributed by atoms with Crippen molar-refractivity contribution in [3.8, 4) is 0 Å². The fourth-order valence-corrected chi connectivity index (χ4v) is 0.965. The van der Waals surface area contributed by atoms with Crippen molar-refractivity contribution in [2.75, 3.05) is 5.01 Å². The number of nitrogens with zero attached hydrogens (tertiary/aromatic N) is 1. The van der Waals surface area contributed by atoms with E-state index < -0.39 is 6.03 Å².